The lowest BCUT2D eigenvalue weighted by Crippen LogP contribution is -1.97. The lowest BCUT2D eigenvalue weighted by atomic mass is 10.0. The summed E-state index contributed by atoms with van der Waals surface area (Å²) in [5.74, 6) is 0.554. The van der Waals surface area contributed by atoms with Crippen molar-refractivity contribution in [2.75, 3.05) is 27.4 Å². The molecular formula is C25H32O4. The quantitative estimate of drug-likeness (QED) is 0.240. The molecule has 0 aliphatic rings. The van der Waals surface area contributed by atoms with Gasteiger partial charge in [-0.1, -0.05) is 62.1 Å². The molecule has 0 unspecified atom stereocenters. The molecule has 0 atom stereocenters. The van der Waals surface area contributed by atoms with Crippen molar-refractivity contribution in [2.24, 2.45) is 0 Å². The van der Waals surface area contributed by atoms with Gasteiger partial charge in [-0.15, -0.1) is 0 Å². The van der Waals surface area contributed by atoms with E-state index in [1.165, 1.54) is 38.9 Å². The van der Waals surface area contributed by atoms with Crippen LogP contribution >= 0.6 is 0 Å². The van der Waals surface area contributed by atoms with Gasteiger partial charge in [0.25, 0.3) is 0 Å². The Bertz CT molecular complexity index is 732. The maximum Gasteiger partial charge on any atom is 0.330 e. The van der Waals surface area contributed by atoms with E-state index in [-0.39, 0.29) is 5.97 Å². The lowest BCUT2D eigenvalue weighted by Gasteiger charge is -2.08. The van der Waals surface area contributed by atoms with Gasteiger partial charge in [0.1, 0.15) is 5.75 Å². The van der Waals surface area contributed by atoms with E-state index in [9.17, 15) is 4.79 Å². The zero-order valence-corrected chi connectivity index (χ0v) is 17.6. The third-order valence-corrected chi connectivity index (χ3v) is 4.72. The van der Waals surface area contributed by atoms with Gasteiger partial charge in [-0.2, -0.15) is 0 Å². The third-order valence-electron chi connectivity index (χ3n) is 4.72. The van der Waals surface area contributed by atoms with Gasteiger partial charge in [0, 0.05) is 19.8 Å². The van der Waals surface area contributed by atoms with E-state index in [4.69, 9.17) is 9.47 Å². The third kappa shape index (κ3) is 8.97. The Labute approximate surface area is 174 Å². The van der Waals surface area contributed by atoms with Gasteiger partial charge in [-0.25, -0.2) is 4.79 Å². The standard InChI is InChI=1S/C25H32O4/c1-27-19-7-5-3-4-6-8-20-29-24-16-14-23(15-17-24)22-12-9-21(10-13-22)11-18-25(26)28-2/h9-18H,3-8,19-20H2,1-2H3/b18-11+. The number of carbonyl (C=O) groups is 1. The predicted octanol–water partition coefficient (Wildman–Crippen LogP) is 5.91. The van der Waals surface area contributed by atoms with Crippen LogP contribution < -0.4 is 4.74 Å². The van der Waals surface area contributed by atoms with Crippen LogP contribution in [0, 0.1) is 0 Å². The molecule has 29 heavy (non-hydrogen) atoms. The van der Waals surface area contributed by atoms with Crippen molar-refractivity contribution < 1.29 is 19.0 Å². The van der Waals surface area contributed by atoms with Crippen molar-refractivity contribution in [1.29, 1.82) is 0 Å². The Balaban J connectivity index is 1.71. The summed E-state index contributed by atoms with van der Waals surface area (Å²) in [7, 11) is 3.13. The SMILES string of the molecule is COCCCCCCCCOc1ccc(-c2ccc(/C=C/C(=O)OC)cc2)cc1. The van der Waals surface area contributed by atoms with Crippen LogP contribution in [0.5, 0.6) is 5.75 Å². The van der Waals surface area contributed by atoms with Crippen LogP contribution in [0.4, 0.5) is 0 Å². The summed E-state index contributed by atoms with van der Waals surface area (Å²) in [4.78, 5) is 11.2. The molecule has 0 saturated heterocycles. The molecule has 0 aliphatic carbocycles. The number of hydrogen-bond acceptors (Lipinski definition) is 4. The van der Waals surface area contributed by atoms with Crippen LogP contribution in [0.25, 0.3) is 17.2 Å². The van der Waals surface area contributed by atoms with Crippen LogP contribution in [0.15, 0.2) is 54.6 Å². The van der Waals surface area contributed by atoms with Crippen molar-refractivity contribution in [3.05, 3.63) is 60.2 Å². The van der Waals surface area contributed by atoms with Crippen molar-refractivity contribution in [3.63, 3.8) is 0 Å². The molecule has 0 fully saturated rings. The normalized spacial score (nSPS) is 11.0. The molecule has 2 aromatic carbocycles. The first-order valence-electron chi connectivity index (χ1n) is 10.3. The van der Waals surface area contributed by atoms with Crippen molar-refractivity contribution in [2.45, 2.75) is 38.5 Å². The largest absolute Gasteiger partial charge is 0.494 e. The Kier molecular flexibility index (Phi) is 10.6. The Morgan fingerprint density at radius 2 is 1.31 bits per heavy atom. The summed E-state index contributed by atoms with van der Waals surface area (Å²) in [5, 5.41) is 0. The molecule has 0 bridgehead atoms. The molecule has 2 rings (SSSR count). The van der Waals surface area contributed by atoms with Crippen molar-refractivity contribution in [1.82, 2.24) is 0 Å². The van der Waals surface area contributed by atoms with E-state index in [1.54, 1.807) is 13.2 Å². The molecule has 0 heterocycles. The summed E-state index contributed by atoms with van der Waals surface area (Å²) < 4.78 is 15.5. The molecule has 0 saturated carbocycles. The van der Waals surface area contributed by atoms with Gasteiger partial charge in [0.15, 0.2) is 0 Å². The van der Waals surface area contributed by atoms with E-state index >= 15 is 0 Å². The van der Waals surface area contributed by atoms with E-state index in [0.717, 1.165) is 48.5 Å². The molecule has 0 amide bonds. The monoisotopic (exact) mass is 396 g/mol. The number of esters is 1. The van der Waals surface area contributed by atoms with Crippen LogP contribution in [-0.4, -0.2) is 33.4 Å². The predicted molar refractivity (Wildman–Crippen MR) is 118 cm³/mol. The van der Waals surface area contributed by atoms with E-state index < -0.39 is 0 Å². The topological polar surface area (TPSA) is 44.8 Å². The van der Waals surface area contributed by atoms with E-state index in [1.807, 2.05) is 36.4 Å². The molecule has 4 heteroatoms. The van der Waals surface area contributed by atoms with Crippen molar-refractivity contribution >= 4 is 12.0 Å². The fourth-order valence-corrected chi connectivity index (χ4v) is 3.01. The molecule has 0 aromatic heterocycles. The Morgan fingerprint density at radius 3 is 1.90 bits per heavy atom. The smallest absolute Gasteiger partial charge is 0.330 e. The highest BCUT2D eigenvalue weighted by molar-refractivity contribution is 5.87. The molecule has 156 valence electrons. The maximum atomic E-state index is 11.2. The van der Waals surface area contributed by atoms with Gasteiger partial charge in [-0.3, -0.25) is 0 Å². The second-order valence-corrected chi connectivity index (χ2v) is 6.97. The number of rotatable bonds is 13. The average Bonchev–Trinajstić information content (AvgIpc) is 2.77. The van der Waals surface area contributed by atoms with E-state index in [2.05, 4.69) is 16.9 Å². The number of ether oxygens (including phenoxy) is 3. The van der Waals surface area contributed by atoms with Gasteiger partial charge in [0.05, 0.1) is 13.7 Å². The molecule has 0 spiro atoms. The van der Waals surface area contributed by atoms with Gasteiger partial charge < -0.3 is 14.2 Å². The second-order valence-electron chi connectivity index (χ2n) is 6.97. The van der Waals surface area contributed by atoms with Crippen LogP contribution in [0.3, 0.4) is 0 Å². The Morgan fingerprint density at radius 1 is 0.759 bits per heavy atom. The Hall–Kier alpha value is -2.59. The second kappa shape index (κ2) is 13.6. The number of benzene rings is 2. The highest BCUT2D eigenvalue weighted by Crippen LogP contribution is 2.23. The molecule has 0 aliphatic heterocycles. The highest BCUT2D eigenvalue weighted by atomic mass is 16.5. The maximum absolute atomic E-state index is 11.2. The zero-order valence-electron chi connectivity index (χ0n) is 17.6. The first kappa shape index (κ1) is 22.7. The molecule has 0 radical (unpaired) electrons. The summed E-state index contributed by atoms with van der Waals surface area (Å²) in [5.41, 5.74) is 3.22. The number of carbonyl (C=O) groups excluding carboxylic acids is 1. The highest BCUT2D eigenvalue weighted by Gasteiger charge is 2.00. The van der Waals surface area contributed by atoms with Gasteiger partial charge in [0.2, 0.25) is 0 Å². The number of unbranched alkanes of at least 4 members (excludes halogenated alkanes) is 5. The van der Waals surface area contributed by atoms with Crippen LogP contribution in [0.1, 0.15) is 44.1 Å². The van der Waals surface area contributed by atoms with Crippen LogP contribution in [-0.2, 0) is 14.3 Å². The van der Waals surface area contributed by atoms with Crippen molar-refractivity contribution in [3.8, 4) is 16.9 Å². The van der Waals surface area contributed by atoms with Gasteiger partial charge >= 0.3 is 5.97 Å². The molecule has 0 N–H and O–H groups in total. The first-order valence-corrected chi connectivity index (χ1v) is 10.3. The molecular weight excluding hydrogens is 364 g/mol. The van der Waals surface area contributed by atoms with Crippen LogP contribution in [0.2, 0.25) is 0 Å². The first-order chi connectivity index (χ1) is 14.2. The number of methoxy groups -OCH3 is 2. The summed E-state index contributed by atoms with van der Waals surface area (Å²) in [6.45, 7) is 1.63. The zero-order chi connectivity index (χ0) is 20.7. The molecule has 4 nitrogen and oxygen atoms in total. The minimum Gasteiger partial charge on any atom is -0.494 e. The lowest BCUT2D eigenvalue weighted by molar-refractivity contribution is -0.134. The summed E-state index contributed by atoms with van der Waals surface area (Å²) in [6, 6.07) is 16.2. The minimum absolute atomic E-state index is 0.355. The summed E-state index contributed by atoms with van der Waals surface area (Å²) in [6.07, 6.45) is 10.4. The molecule has 2 aromatic rings. The van der Waals surface area contributed by atoms with E-state index in [0.29, 0.717) is 0 Å². The minimum atomic E-state index is -0.355. The number of hydrogen-bond donors (Lipinski definition) is 0. The summed E-state index contributed by atoms with van der Waals surface area (Å²) >= 11 is 0. The fourth-order valence-electron chi connectivity index (χ4n) is 3.01. The van der Waals surface area contributed by atoms with Gasteiger partial charge in [-0.05, 0) is 47.7 Å². The average molecular weight is 397 g/mol. The fraction of sp³-hybridized carbons (Fsp3) is 0.400.